The summed E-state index contributed by atoms with van der Waals surface area (Å²) in [7, 11) is 2.21. The maximum atomic E-state index is 6.09. The van der Waals surface area contributed by atoms with Crippen molar-refractivity contribution in [2.45, 2.75) is 52.8 Å². The topological polar surface area (TPSA) is 24.5 Å². The van der Waals surface area contributed by atoms with Gasteiger partial charge in [-0.15, -0.1) is 0 Å². The third kappa shape index (κ3) is 3.85. The Balaban J connectivity index is 2.29. The van der Waals surface area contributed by atoms with Gasteiger partial charge in [0.2, 0.25) is 0 Å². The summed E-state index contributed by atoms with van der Waals surface area (Å²) in [4.78, 5) is 2.44. The lowest BCUT2D eigenvalue weighted by atomic mass is 9.91. The van der Waals surface area contributed by atoms with Crippen LogP contribution in [0, 0.1) is 20.8 Å². The van der Waals surface area contributed by atoms with Gasteiger partial charge >= 0.3 is 0 Å². The minimum Gasteiger partial charge on any atom is -0.374 e. The molecule has 21 heavy (non-hydrogen) atoms. The Bertz CT molecular complexity index is 484. The van der Waals surface area contributed by atoms with Crippen LogP contribution in [-0.2, 0) is 4.74 Å². The minimum atomic E-state index is 0.215. The fourth-order valence-corrected chi connectivity index (χ4v) is 3.12. The largest absolute Gasteiger partial charge is 0.374 e. The Morgan fingerprint density at radius 1 is 1.19 bits per heavy atom. The molecule has 0 saturated carbocycles. The molecule has 0 amide bonds. The normalized spacial score (nSPS) is 23.8. The summed E-state index contributed by atoms with van der Waals surface area (Å²) in [5.41, 5.74) is 5.52. The number of aryl methyl sites for hydroxylation is 3. The first-order valence-corrected chi connectivity index (χ1v) is 8.03. The van der Waals surface area contributed by atoms with Crippen molar-refractivity contribution in [3.63, 3.8) is 0 Å². The molecule has 1 saturated heterocycles. The van der Waals surface area contributed by atoms with Crippen molar-refractivity contribution in [1.29, 1.82) is 0 Å². The smallest absolute Gasteiger partial charge is 0.0896 e. The van der Waals surface area contributed by atoms with Crippen LogP contribution in [0.2, 0.25) is 0 Å². The van der Waals surface area contributed by atoms with E-state index in [4.69, 9.17) is 4.74 Å². The third-order valence-electron chi connectivity index (χ3n) is 4.53. The lowest BCUT2D eigenvalue weighted by molar-refractivity contribution is -0.0622. The molecule has 1 N–H and O–H groups in total. The molecule has 1 aromatic carbocycles. The van der Waals surface area contributed by atoms with Crippen LogP contribution < -0.4 is 5.32 Å². The summed E-state index contributed by atoms with van der Waals surface area (Å²) in [6.07, 6.45) is 0.215. The number of ether oxygens (including phenoxy) is 1. The van der Waals surface area contributed by atoms with Crippen molar-refractivity contribution in [2.24, 2.45) is 0 Å². The predicted molar refractivity (Wildman–Crippen MR) is 88.9 cm³/mol. The number of nitrogens with one attached hydrogen (secondary N) is 1. The van der Waals surface area contributed by atoms with Crippen LogP contribution >= 0.6 is 0 Å². The molecule has 1 aliphatic heterocycles. The number of benzene rings is 1. The molecule has 118 valence electrons. The van der Waals surface area contributed by atoms with Gasteiger partial charge in [0, 0.05) is 19.1 Å². The van der Waals surface area contributed by atoms with Crippen molar-refractivity contribution >= 4 is 0 Å². The van der Waals surface area contributed by atoms with Crippen molar-refractivity contribution < 1.29 is 4.74 Å². The van der Waals surface area contributed by atoms with E-state index in [0.29, 0.717) is 12.1 Å². The molecule has 0 spiro atoms. The molecule has 1 aliphatic rings. The molecule has 2 unspecified atom stereocenters. The molecule has 0 aromatic heterocycles. The average Bonchev–Trinajstić information content (AvgIpc) is 2.41. The van der Waals surface area contributed by atoms with Crippen molar-refractivity contribution in [3.8, 4) is 0 Å². The lowest BCUT2D eigenvalue weighted by Crippen LogP contribution is -2.48. The maximum Gasteiger partial charge on any atom is 0.0896 e. The van der Waals surface area contributed by atoms with Crippen LogP contribution in [0.15, 0.2) is 12.1 Å². The average molecular weight is 290 g/mol. The minimum absolute atomic E-state index is 0.215. The molecule has 0 bridgehead atoms. The van der Waals surface area contributed by atoms with Gasteiger partial charge in [0.15, 0.2) is 0 Å². The first-order valence-electron chi connectivity index (χ1n) is 8.03. The Labute approximate surface area is 129 Å². The molecule has 0 aliphatic carbocycles. The molecule has 2 rings (SSSR count). The zero-order valence-electron chi connectivity index (χ0n) is 14.4. The standard InChI is InChI=1S/C18H30N2O/c1-12(2)19-11-17-18(20(6)7-8-21-17)16-10-14(4)13(3)9-15(16)5/h9-10,12,17-19H,7-8,11H2,1-6H3. The second kappa shape index (κ2) is 6.91. The molecule has 2 atom stereocenters. The Kier molecular flexibility index (Phi) is 5.42. The first kappa shape index (κ1) is 16.5. The third-order valence-corrected chi connectivity index (χ3v) is 4.53. The van der Waals surface area contributed by atoms with Gasteiger partial charge in [-0.25, -0.2) is 0 Å². The molecular weight excluding hydrogens is 260 g/mol. The summed E-state index contributed by atoms with van der Waals surface area (Å²) < 4.78 is 6.09. The van der Waals surface area contributed by atoms with E-state index in [0.717, 1.165) is 19.7 Å². The van der Waals surface area contributed by atoms with Crippen LogP contribution in [0.25, 0.3) is 0 Å². The van der Waals surface area contributed by atoms with E-state index >= 15 is 0 Å². The first-order chi connectivity index (χ1) is 9.90. The van der Waals surface area contributed by atoms with E-state index in [1.54, 1.807) is 0 Å². The van der Waals surface area contributed by atoms with E-state index in [1.165, 1.54) is 22.3 Å². The highest BCUT2D eigenvalue weighted by Gasteiger charge is 2.32. The van der Waals surface area contributed by atoms with Gasteiger partial charge in [0.25, 0.3) is 0 Å². The van der Waals surface area contributed by atoms with Crippen molar-refractivity contribution in [1.82, 2.24) is 10.2 Å². The van der Waals surface area contributed by atoms with Gasteiger partial charge in [-0.2, -0.15) is 0 Å². The second-order valence-corrected chi connectivity index (χ2v) is 6.69. The van der Waals surface area contributed by atoms with Gasteiger partial charge in [-0.1, -0.05) is 26.0 Å². The summed E-state index contributed by atoms with van der Waals surface area (Å²) in [5.74, 6) is 0. The van der Waals surface area contributed by atoms with Crippen LogP contribution in [0.5, 0.6) is 0 Å². The molecule has 1 aromatic rings. The second-order valence-electron chi connectivity index (χ2n) is 6.69. The number of morpholine rings is 1. The predicted octanol–water partition coefficient (Wildman–Crippen LogP) is 2.98. The quantitative estimate of drug-likeness (QED) is 0.922. The molecule has 1 fully saturated rings. The van der Waals surface area contributed by atoms with Crippen LogP contribution in [0.3, 0.4) is 0 Å². The Morgan fingerprint density at radius 2 is 1.86 bits per heavy atom. The number of nitrogens with zero attached hydrogens (tertiary/aromatic N) is 1. The molecule has 1 heterocycles. The van der Waals surface area contributed by atoms with Crippen molar-refractivity contribution in [2.75, 3.05) is 26.7 Å². The number of likely N-dealkylation sites (N-methyl/N-ethyl adjacent to an activating group) is 1. The van der Waals surface area contributed by atoms with E-state index < -0.39 is 0 Å². The number of hydrogen-bond donors (Lipinski definition) is 1. The van der Waals surface area contributed by atoms with Crippen LogP contribution in [0.1, 0.15) is 42.1 Å². The van der Waals surface area contributed by atoms with Crippen molar-refractivity contribution in [3.05, 3.63) is 34.4 Å². The fourth-order valence-electron chi connectivity index (χ4n) is 3.12. The summed E-state index contributed by atoms with van der Waals surface area (Å²) in [6.45, 7) is 13.7. The zero-order chi connectivity index (χ0) is 15.6. The van der Waals surface area contributed by atoms with Crippen LogP contribution in [-0.4, -0.2) is 43.8 Å². The highest BCUT2D eigenvalue weighted by atomic mass is 16.5. The van der Waals surface area contributed by atoms with Gasteiger partial charge in [0.05, 0.1) is 18.8 Å². The summed E-state index contributed by atoms with van der Waals surface area (Å²) in [5, 5.41) is 3.53. The van der Waals surface area contributed by atoms with Gasteiger partial charge in [0.1, 0.15) is 0 Å². The number of hydrogen-bond acceptors (Lipinski definition) is 3. The monoisotopic (exact) mass is 290 g/mol. The number of rotatable bonds is 4. The Hall–Kier alpha value is -0.900. The van der Waals surface area contributed by atoms with E-state index in [2.05, 4.69) is 64.0 Å². The maximum absolute atomic E-state index is 6.09. The van der Waals surface area contributed by atoms with E-state index in [-0.39, 0.29) is 6.10 Å². The zero-order valence-corrected chi connectivity index (χ0v) is 14.4. The van der Waals surface area contributed by atoms with Crippen LogP contribution in [0.4, 0.5) is 0 Å². The van der Waals surface area contributed by atoms with E-state index in [9.17, 15) is 0 Å². The van der Waals surface area contributed by atoms with E-state index in [1.807, 2.05) is 0 Å². The van der Waals surface area contributed by atoms with Gasteiger partial charge in [-0.05, 0) is 50.1 Å². The fraction of sp³-hybridized carbons (Fsp3) is 0.667. The molecule has 0 radical (unpaired) electrons. The highest BCUT2D eigenvalue weighted by molar-refractivity contribution is 5.39. The SMILES string of the molecule is Cc1cc(C)c(C2C(CNC(C)C)OCCN2C)cc1C. The summed E-state index contributed by atoms with van der Waals surface area (Å²) >= 11 is 0. The van der Waals surface area contributed by atoms with Gasteiger partial charge in [-0.3, -0.25) is 4.90 Å². The molecule has 3 nitrogen and oxygen atoms in total. The Morgan fingerprint density at radius 3 is 2.52 bits per heavy atom. The molecule has 3 heteroatoms. The highest BCUT2D eigenvalue weighted by Crippen LogP contribution is 2.32. The molecular formula is C18H30N2O. The van der Waals surface area contributed by atoms with Gasteiger partial charge < -0.3 is 10.1 Å². The summed E-state index contributed by atoms with van der Waals surface area (Å²) in [6, 6.07) is 5.48. The lowest BCUT2D eigenvalue weighted by Gasteiger charge is -2.40.